The lowest BCUT2D eigenvalue weighted by molar-refractivity contribution is -0.156. The molecule has 0 aliphatic rings. The summed E-state index contributed by atoms with van der Waals surface area (Å²) in [6, 6.07) is 9.30. The van der Waals surface area contributed by atoms with Gasteiger partial charge in [-0.3, -0.25) is 4.79 Å². The number of nitrogens with zero attached hydrogens (tertiary/aromatic N) is 1. The molecule has 15 heavy (non-hydrogen) atoms. The fraction of sp³-hybridized carbons (Fsp3) is 0.273. The van der Waals surface area contributed by atoms with Gasteiger partial charge in [-0.25, -0.2) is 4.79 Å². The van der Waals surface area contributed by atoms with E-state index in [2.05, 4.69) is 0 Å². The molecule has 80 valence electrons. The third-order valence-corrected chi connectivity index (χ3v) is 2.07. The molecule has 0 aliphatic heterocycles. The highest BCUT2D eigenvalue weighted by Gasteiger charge is 2.18. The molecule has 0 spiro atoms. The molecule has 1 amide bonds. The second kappa shape index (κ2) is 5.14. The Kier molecular flexibility index (Phi) is 3.85. The summed E-state index contributed by atoms with van der Waals surface area (Å²) in [5.41, 5.74) is 0.925. The van der Waals surface area contributed by atoms with Gasteiger partial charge in [0, 0.05) is 13.1 Å². The first-order valence-corrected chi connectivity index (χ1v) is 4.71. The first-order valence-electron chi connectivity index (χ1n) is 4.71. The smallest absolute Gasteiger partial charge is 0.394 e. The van der Waals surface area contributed by atoms with Crippen LogP contribution in [0.15, 0.2) is 30.3 Å². The lowest BCUT2D eigenvalue weighted by Gasteiger charge is -2.18. The molecule has 4 heteroatoms. The Bertz CT molecular complexity index is 348. The topological polar surface area (TPSA) is 57.6 Å². The lowest BCUT2D eigenvalue weighted by Crippen LogP contribution is -2.35. The maximum Gasteiger partial charge on any atom is 0.394 e. The summed E-state index contributed by atoms with van der Waals surface area (Å²) in [5, 5.41) is 8.57. The van der Waals surface area contributed by atoms with Gasteiger partial charge >= 0.3 is 11.9 Å². The molecule has 1 rings (SSSR count). The van der Waals surface area contributed by atoms with Crippen molar-refractivity contribution in [2.75, 3.05) is 6.54 Å². The van der Waals surface area contributed by atoms with Crippen LogP contribution in [-0.4, -0.2) is 28.4 Å². The van der Waals surface area contributed by atoms with Gasteiger partial charge in [-0.2, -0.15) is 0 Å². The molecule has 0 unspecified atom stereocenters. The molecule has 0 radical (unpaired) electrons. The standard InChI is InChI=1S/C11H13NO3/c1-2-12(10(13)11(14)15)8-9-6-4-3-5-7-9/h3-7H,2,8H2,1H3,(H,14,15). The third-order valence-electron chi connectivity index (χ3n) is 2.07. The number of hydrogen-bond donors (Lipinski definition) is 1. The molecule has 1 aromatic rings. The first-order chi connectivity index (χ1) is 7.15. The third kappa shape index (κ3) is 3.09. The van der Waals surface area contributed by atoms with Crippen LogP contribution in [0.4, 0.5) is 0 Å². The molecule has 0 bridgehead atoms. The minimum Gasteiger partial charge on any atom is -0.474 e. The molecule has 1 N–H and O–H groups in total. The van der Waals surface area contributed by atoms with Crippen molar-refractivity contribution in [1.82, 2.24) is 4.90 Å². The fourth-order valence-corrected chi connectivity index (χ4v) is 1.27. The van der Waals surface area contributed by atoms with Crippen molar-refractivity contribution in [3.05, 3.63) is 35.9 Å². The van der Waals surface area contributed by atoms with Crippen LogP contribution in [0.2, 0.25) is 0 Å². The van der Waals surface area contributed by atoms with Gasteiger partial charge in [0.05, 0.1) is 0 Å². The zero-order valence-corrected chi connectivity index (χ0v) is 8.51. The van der Waals surface area contributed by atoms with E-state index in [-0.39, 0.29) is 0 Å². The summed E-state index contributed by atoms with van der Waals surface area (Å²) in [4.78, 5) is 23.0. The van der Waals surface area contributed by atoms with E-state index in [0.717, 1.165) is 5.56 Å². The second-order valence-corrected chi connectivity index (χ2v) is 3.11. The Morgan fingerprint density at radius 1 is 1.27 bits per heavy atom. The zero-order valence-electron chi connectivity index (χ0n) is 8.51. The number of hydrogen-bond acceptors (Lipinski definition) is 2. The van der Waals surface area contributed by atoms with Crippen molar-refractivity contribution in [2.24, 2.45) is 0 Å². The minimum absolute atomic E-state index is 0.336. The van der Waals surface area contributed by atoms with Gasteiger partial charge in [-0.1, -0.05) is 30.3 Å². The lowest BCUT2D eigenvalue weighted by atomic mass is 10.2. The van der Waals surface area contributed by atoms with Crippen LogP contribution in [0, 0.1) is 0 Å². The minimum atomic E-state index is -1.41. The highest BCUT2D eigenvalue weighted by Crippen LogP contribution is 2.04. The Balaban J connectivity index is 2.70. The van der Waals surface area contributed by atoms with Gasteiger partial charge in [0.25, 0.3) is 0 Å². The van der Waals surface area contributed by atoms with Gasteiger partial charge in [0.15, 0.2) is 0 Å². The number of likely N-dealkylation sites (N-methyl/N-ethyl adjacent to an activating group) is 1. The van der Waals surface area contributed by atoms with Crippen molar-refractivity contribution in [1.29, 1.82) is 0 Å². The highest BCUT2D eigenvalue weighted by atomic mass is 16.4. The molecule has 0 saturated carbocycles. The average Bonchev–Trinajstić information content (AvgIpc) is 2.26. The van der Waals surface area contributed by atoms with Crippen molar-refractivity contribution in [3.8, 4) is 0 Å². The molecule has 0 aliphatic carbocycles. The van der Waals surface area contributed by atoms with E-state index < -0.39 is 11.9 Å². The van der Waals surface area contributed by atoms with Crippen LogP contribution in [0.3, 0.4) is 0 Å². The monoisotopic (exact) mass is 207 g/mol. The first kappa shape index (κ1) is 11.2. The molecule has 0 saturated heterocycles. The van der Waals surface area contributed by atoms with Crippen LogP contribution in [0.5, 0.6) is 0 Å². The molecular weight excluding hydrogens is 194 g/mol. The summed E-state index contributed by atoms with van der Waals surface area (Å²) < 4.78 is 0. The van der Waals surface area contributed by atoms with Crippen LogP contribution >= 0.6 is 0 Å². The van der Waals surface area contributed by atoms with Crippen LogP contribution in [0.1, 0.15) is 12.5 Å². The summed E-state index contributed by atoms with van der Waals surface area (Å²) in [6.45, 7) is 2.48. The molecule has 0 aromatic heterocycles. The van der Waals surface area contributed by atoms with Gasteiger partial charge in [0.1, 0.15) is 0 Å². The van der Waals surface area contributed by atoms with Gasteiger partial charge in [-0.05, 0) is 12.5 Å². The van der Waals surface area contributed by atoms with Crippen molar-refractivity contribution in [3.63, 3.8) is 0 Å². The number of rotatable bonds is 3. The summed E-state index contributed by atoms with van der Waals surface area (Å²) in [6.07, 6.45) is 0. The normalized spacial score (nSPS) is 9.67. The molecule has 0 fully saturated rings. The highest BCUT2D eigenvalue weighted by molar-refractivity contribution is 6.31. The van der Waals surface area contributed by atoms with E-state index >= 15 is 0 Å². The van der Waals surface area contributed by atoms with Crippen molar-refractivity contribution >= 4 is 11.9 Å². The Labute approximate surface area is 88.1 Å². The number of benzene rings is 1. The van der Waals surface area contributed by atoms with Gasteiger partial charge in [0.2, 0.25) is 0 Å². The average molecular weight is 207 g/mol. The molecule has 0 heterocycles. The molecular formula is C11H13NO3. The summed E-state index contributed by atoms with van der Waals surface area (Å²) >= 11 is 0. The molecule has 4 nitrogen and oxygen atoms in total. The van der Waals surface area contributed by atoms with E-state index in [0.29, 0.717) is 13.1 Å². The van der Waals surface area contributed by atoms with Gasteiger partial charge < -0.3 is 10.0 Å². The fourth-order valence-electron chi connectivity index (χ4n) is 1.27. The van der Waals surface area contributed by atoms with Crippen LogP contribution in [0.25, 0.3) is 0 Å². The van der Waals surface area contributed by atoms with Gasteiger partial charge in [-0.15, -0.1) is 0 Å². The Morgan fingerprint density at radius 3 is 2.33 bits per heavy atom. The Morgan fingerprint density at radius 2 is 1.87 bits per heavy atom. The van der Waals surface area contributed by atoms with E-state index in [1.807, 2.05) is 30.3 Å². The number of carbonyl (C=O) groups excluding carboxylic acids is 1. The number of aliphatic carboxylic acids is 1. The predicted octanol–water partition coefficient (Wildman–Crippen LogP) is 1.12. The number of carboxylic acid groups (broad SMARTS) is 1. The van der Waals surface area contributed by atoms with Crippen LogP contribution in [-0.2, 0) is 16.1 Å². The number of carbonyl (C=O) groups is 2. The quantitative estimate of drug-likeness (QED) is 0.755. The van der Waals surface area contributed by atoms with Crippen molar-refractivity contribution < 1.29 is 14.7 Å². The van der Waals surface area contributed by atoms with E-state index in [1.54, 1.807) is 6.92 Å². The largest absolute Gasteiger partial charge is 0.474 e. The molecule has 0 atom stereocenters. The summed E-state index contributed by atoms with van der Waals surface area (Å²) in [7, 11) is 0. The Hall–Kier alpha value is -1.84. The van der Waals surface area contributed by atoms with E-state index in [4.69, 9.17) is 5.11 Å². The van der Waals surface area contributed by atoms with E-state index in [1.165, 1.54) is 4.90 Å². The SMILES string of the molecule is CCN(Cc1ccccc1)C(=O)C(=O)O. The van der Waals surface area contributed by atoms with Crippen LogP contribution < -0.4 is 0 Å². The maximum absolute atomic E-state index is 11.2. The number of carboxylic acids is 1. The van der Waals surface area contributed by atoms with Crippen molar-refractivity contribution in [2.45, 2.75) is 13.5 Å². The summed E-state index contributed by atoms with van der Waals surface area (Å²) in [5.74, 6) is -2.27. The second-order valence-electron chi connectivity index (χ2n) is 3.11. The van der Waals surface area contributed by atoms with E-state index in [9.17, 15) is 9.59 Å². The predicted molar refractivity (Wildman–Crippen MR) is 55.2 cm³/mol. The number of amides is 1. The molecule has 1 aromatic carbocycles. The maximum atomic E-state index is 11.2. The zero-order chi connectivity index (χ0) is 11.3.